The van der Waals surface area contributed by atoms with Gasteiger partial charge < -0.3 is 15.5 Å². The van der Waals surface area contributed by atoms with E-state index in [4.69, 9.17) is 5.73 Å². The van der Waals surface area contributed by atoms with E-state index in [1.165, 1.54) is 23.8 Å². The molecule has 0 aromatic carbocycles. The van der Waals surface area contributed by atoms with Crippen molar-refractivity contribution in [3.05, 3.63) is 58.4 Å². The molecule has 2 N–H and O–H groups in total. The highest BCUT2D eigenvalue weighted by atomic mass is 32.2. The molecule has 1 aliphatic heterocycles. The van der Waals surface area contributed by atoms with Gasteiger partial charge in [-0.2, -0.15) is 4.98 Å². The smallest absolute Gasteiger partial charge is 0.355 e. The van der Waals surface area contributed by atoms with Crippen molar-refractivity contribution < 1.29 is 17.6 Å². The first-order valence-corrected chi connectivity index (χ1v) is 16.5. The van der Waals surface area contributed by atoms with E-state index in [-0.39, 0.29) is 61.8 Å². The molecule has 0 radical (unpaired) electrons. The molecule has 2 aliphatic rings. The van der Waals surface area contributed by atoms with Crippen LogP contribution in [0.5, 0.6) is 0 Å². The van der Waals surface area contributed by atoms with Crippen LogP contribution in [0.4, 0.5) is 16.0 Å². The molecule has 1 saturated heterocycles. The normalized spacial score (nSPS) is 17.7. The number of carbonyl (C=O) groups is 1. The summed E-state index contributed by atoms with van der Waals surface area (Å²) < 4.78 is 43.0. The number of nitrogens with zero attached hydrogens (tertiary/aromatic N) is 7. The highest BCUT2D eigenvalue weighted by Gasteiger charge is 2.33. The molecular weight excluding hydrogens is 595 g/mol. The summed E-state index contributed by atoms with van der Waals surface area (Å²) in [5.74, 6) is -0.664. The second-order valence-corrected chi connectivity index (χ2v) is 13.6. The summed E-state index contributed by atoms with van der Waals surface area (Å²) in [6, 6.07) is 2.66. The van der Waals surface area contributed by atoms with Gasteiger partial charge in [-0.1, -0.05) is 13.0 Å². The Morgan fingerprint density at radius 3 is 2.60 bits per heavy atom. The number of hydrogen-bond acceptors (Lipinski definition) is 11. The molecule has 0 spiro atoms. The Hall–Kier alpha value is -4.24. The first kappa shape index (κ1) is 28.9. The van der Waals surface area contributed by atoms with Gasteiger partial charge in [0.05, 0.1) is 21.5 Å². The number of nitrogens with two attached hydrogens (primary N) is 1. The number of amides is 1. The Morgan fingerprint density at radius 1 is 1.23 bits per heavy atom. The van der Waals surface area contributed by atoms with E-state index in [1.807, 2.05) is 11.8 Å². The fourth-order valence-corrected chi connectivity index (χ4v) is 7.22. The molecule has 15 heteroatoms. The molecule has 1 saturated carbocycles. The van der Waals surface area contributed by atoms with E-state index in [1.54, 1.807) is 11.0 Å². The first-order valence-electron chi connectivity index (χ1n) is 13.7. The monoisotopic (exact) mass is 624 g/mol. The van der Waals surface area contributed by atoms with Crippen molar-refractivity contribution in [2.75, 3.05) is 36.5 Å². The van der Waals surface area contributed by atoms with Crippen LogP contribution in [0.2, 0.25) is 0 Å². The zero-order valence-electron chi connectivity index (χ0n) is 23.5. The molecule has 12 nitrogen and oxygen atoms in total. The van der Waals surface area contributed by atoms with E-state index >= 15 is 4.39 Å². The highest BCUT2D eigenvalue weighted by molar-refractivity contribution is 7.90. The lowest BCUT2D eigenvalue weighted by atomic mass is 9.79. The van der Waals surface area contributed by atoms with Crippen molar-refractivity contribution in [2.24, 2.45) is 0 Å². The third kappa shape index (κ3) is 4.95. The predicted molar refractivity (Wildman–Crippen MR) is 162 cm³/mol. The maximum Gasteiger partial charge on any atom is 0.355 e. The maximum atomic E-state index is 15.9. The fourth-order valence-electron chi connectivity index (χ4n) is 5.71. The molecule has 6 rings (SSSR count). The van der Waals surface area contributed by atoms with Gasteiger partial charge in [-0.3, -0.25) is 4.79 Å². The molecule has 224 valence electrons. The summed E-state index contributed by atoms with van der Waals surface area (Å²) in [5.41, 5.74) is 7.28. The van der Waals surface area contributed by atoms with E-state index in [0.29, 0.717) is 25.2 Å². The van der Waals surface area contributed by atoms with Gasteiger partial charge in [0.2, 0.25) is 5.91 Å². The number of carbonyl (C=O) groups excluding carboxylic acids is 1. The third-order valence-electron chi connectivity index (χ3n) is 8.04. The number of aromatic nitrogens is 5. The van der Waals surface area contributed by atoms with Gasteiger partial charge in [0.15, 0.2) is 26.3 Å². The molecule has 43 heavy (non-hydrogen) atoms. The van der Waals surface area contributed by atoms with Gasteiger partial charge in [-0.15, -0.1) is 11.3 Å². The average molecular weight is 625 g/mol. The second kappa shape index (κ2) is 10.8. The van der Waals surface area contributed by atoms with Crippen molar-refractivity contribution in [2.45, 2.75) is 43.2 Å². The van der Waals surface area contributed by atoms with Crippen LogP contribution < -0.4 is 16.3 Å². The van der Waals surface area contributed by atoms with E-state index < -0.39 is 21.3 Å². The number of halogens is 1. The van der Waals surface area contributed by atoms with Crippen molar-refractivity contribution >= 4 is 49.8 Å². The number of anilines is 2. The van der Waals surface area contributed by atoms with Gasteiger partial charge >= 0.3 is 5.69 Å². The number of rotatable bonds is 6. The molecule has 0 unspecified atom stereocenters. The van der Waals surface area contributed by atoms with Crippen LogP contribution in [0.25, 0.3) is 27.3 Å². The summed E-state index contributed by atoms with van der Waals surface area (Å²) in [6.07, 6.45) is 6.29. The third-order valence-corrected chi connectivity index (χ3v) is 9.89. The minimum atomic E-state index is -3.92. The Morgan fingerprint density at radius 2 is 2.00 bits per heavy atom. The maximum absolute atomic E-state index is 15.9. The lowest BCUT2D eigenvalue weighted by Gasteiger charge is -2.40. The summed E-state index contributed by atoms with van der Waals surface area (Å²) in [5, 5.41) is -0.0908. The number of thiazole rings is 1. The number of nitrogen functional groups attached to an aromatic ring is 1. The molecule has 5 heterocycles. The fraction of sp³-hybridized carbons (Fsp3) is 0.357. The van der Waals surface area contributed by atoms with Crippen LogP contribution >= 0.6 is 11.3 Å². The zero-order valence-corrected chi connectivity index (χ0v) is 25.2. The van der Waals surface area contributed by atoms with Crippen LogP contribution in [-0.2, 0) is 14.6 Å². The highest BCUT2D eigenvalue weighted by Crippen LogP contribution is 2.42. The molecule has 4 aromatic heterocycles. The van der Waals surface area contributed by atoms with Gasteiger partial charge in [-0.05, 0) is 49.5 Å². The number of piperazine rings is 1. The number of sulfone groups is 1. The van der Waals surface area contributed by atoms with Crippen LogP contribution in [-0.4, -0.2) is 75.7 Å². The second-order valence-electron chi connectivity index (χ2n) is 10.8. The minimum Gasteiger partial charge on any atom is -0.382 e. The number of hydrogen-bond donors (Lipinski definition) is 1. The molecule has 4 aromatic rings. The van der Waals surface area contributed by atoms with Gasteiger partial charge in [-0.25, -0.2) is 37.1 Å². The minimum absolute atomic E-state index is 0.00711. The van der Waals surface area contributed by atoms with Crippen molar-refractivity contribution in [3.63, 3.8) is 0 Å². The largest absolute Gasteiger partial charge is 0.382 e. The van der Waals surface area contributed by atoms with Crippen LogP contribution in [0.3, 0.4) is 0 Å². The summed E-state index contributed by atoms with van der Waals surface area (Å²) in [4.78, 5) is 47.3. The Bertz CT molecular complexity index is 1950. The average Bonchev–Trinajstić information content (AvgIpc) is 3.36. The quantitative estimate of drug-likeness (QED) is 0.316. The molecule has 1 amide bonds. The lowest BCUT2D eigenvalue weighted by Crippen LogP contribution is -2.54. The van der Waals surface area contributed by atoms with Crippen molar-refractivity contribution in [3.8, 4) is 16.3 Å². The van der Waals surface area contributed by atoms with E-state index in [0.717, 1.165) is 41.4 Å². The summed E-state index contributed by atoms with van der Waals surface area (Å²) >= 11 is 1.09. The molecular formula is C28H29FN8O4S2. The van der Waals surface area contributed by atoms with Crippen LogP contribution in [0.1, 0.15) is 37.7 Å². The molecule has 1 aliphatic carbocycles. The Kier molecular flexibility index (Phi) is 7.24. The van der Waals surface area contributed by atoms with Crippen LogP contribution in [0.15, 0.2) is 46.3 Å². The van der Waals surface area contributed by atoms with E-state index in [2.05, 4.69) is 26.5 Å². The zero-order chi connectivity index (χ0) is 30.6. The van der Waals surface area contributed by atoms with Gasteiger partial charge in [0.1, 0.15) is 17.3 Å². The standard InChI is InChI=1S/C28H29FN8O4S2/c1-4-20(38)35-10-11-36(15(2)13-35)25-18-12-19(29)21(23-24(30)32-14-42-23)33-26(18)37(28(39)34-25)22-17(16-6-5-7-16)8-9-31-27(22)43(3,40)41/h4,8-9,12,14-16H,1,5-7,10-11,13,30H2,2-3H3/t15-/m0/s1. The first-order chi connectivity index (χ1) is 20.5. The van der Waals surface area contributed by atoms with Crippen LogP contribution in [0, 0.1) is 5.82 Å². The molecule has 2 fully saturated rings. The molecule has 1 atom stereocenters. The SMILES string of the molecule is C=CC(=O)N1CCN(c2nc(=O)n(-c3c(C4CCC4)ccnc3S(C)(=O)=O)c3nc(-c4scnc4N)c(F)cc23)[C@@H](C)C1. The molecule has 0 bridgehead atoms. The lowest BCUT2D eigenvalue weighted by molar-refractivity contribution is -0.126. The topological polar surface area (TPSA) is 157 Å². The van der Waals surface area contributed by atoms with E-state index in [9.17, 15) is 18.0 Å². The van der Waals surface area contributed by atoms with Gasteiger partial charge in [0, 0.05) is 38.1 Å². The number of pyridine rings is 2. The van der Waals surface area contributed by atoms with Gasteiger partial charge in [0.25, 0.3) is 0 Å². The number of fused-ring (bicyclic) bond motifs is 1. The Labute approximate surface area is 250 Å². The van der Waals surface area contributed by atoms with Crippen molar-refractivity contribution in [1.29, 1.82) is 0 Å². The summed E-state index contributed by atoms with van der Waals surface area (Å²) in [7, 11) is -3.92. The Balaban J connectivity index is 1.66. The van der Waals surface area contributed by atoms with Crippen molar-refractivity contribution in [1.82, 2.24) is 29.4 Å². The predicted octanol–water partition coefficient (Wildman–Crippen LogP) is 2.91. The summed E-state index contributed by atoms with van der Waals surface area (Å²) in [6.45, 7) is 6.40.